The minimum absolute atomic E-state index is 0. The third-order valence-electron chi connectivity index (χ3n) is 3.26. The van der Waals surface area contributed by atoms with Crippen molar-refractivity contribution < 1.29 is 9.53 Å². The van der Waals surface area contributed by atoms with Gasteiger partial charge in [-0.3, -0.25) is 9.69 Å². The van der Waals surface area contributed by atoms with Crippen LogP contribution in [-0.2, 0) is 16.0 Å². The molecule has 1 atom stereocenters. The highest BCUT2D eigenvalue weighted by Gasteiger charge is 2.37. The van der Waals surface area contributed by atoms with Crippen LogP contribution in [0.3, 0.4) is 0 Å². The van der Waals surface area contributed by atoms with Crippen molar-refractivity contribution in [1.82, 2.24) is 11.1 Å². The van der Waals surface area contributed by atoms with E-state index in [1.807, 2.05) is 63.2 Å². The van der Waals surface area contributed by atoms with Crippen molar-refractivity contribution in [2.24, 2.45) is 0 Å². The molecule has 20 heavy (non-hydrogen) atoms. The Morgan fingerprint density at radius 2 is 1.80 bits per heavy atom. The van der Waals surface area contributed by atoms with E-state index in [2.05, 4.69) is 0 Å². The molecule has 5 heteroatoms. The molecule has 0 aliphatic rings. The van der Waals surface area contributed by atoms with E-state index in [4.69, 9.17) is 4.74 Å². The summed E-state index contributed by atoms with van der Waals surface area (Å²) in [5.41, 5.74) is 0.526. The van der Waals surface area contributed by atoms with Crippen LogP contribution in [0.5, 0.6) is 0 Å². The van der Waals surface area contributed by atoms with Crippen LogP contribution in [0.25, 0.3) is 0 Å². The Balaban J connectivity index is 0. The van der Waals surface area contributed by atoms with E-state index in [1.165, 1.54) is 0 Å². The Bertz CT molecular complexity index is 385. The lowest BCUT2D eigenvalue weighted by Gasteiger charge is -2.34. The molecule has 0 amide bonds. The van der Waals surface area contributed by atoms with E-state index >= 15 is 0 Å². The van der Waals surface area contributed by atoms with Crippen molar-refractivity contribution in [2.75, 3.05) is 20.7 Å². The van der Waals surface area contributed by atoms with Crippen LogP contribution in [0.1, 0.15) is 25.8 Å². The van der Waals surface area contributed by atoms with Gasteiger partial charge in [0.25, 0.3) is 0 Å². The molecule has 0 bridgehead atoms. The molecule has 0 spiro atoms. The second-order valence-electron chi connectivity index (χ2n) is 4.97. The standard InChI is InChI=1S/C15H23NO2.BrH.H3N/c1-5-11-18-14(17)15(2,16(3)4)12-13-9-7-6-8-10-13;;/h6-10H,5,11-12H2,1-4H3;1H;1H3. The summed E-state index contributed by atoms with van der Waals surface area (Å²) < 4.78 is 5.31. The number of hydrogen-bond donors (Lipinski definition) is 1. The number of hydrogen-bond acceptors (Lipinski definition) is 4. The number of esters is 1. The molecule has 0 saturated heterocycles. The highest BCUT2D eigenvalue weighted by molar-refractivity contribution is 8.93. The van der Waals surface area contributed by atoms with Crippen LogP contribution in [0.15, 0.2) is 30.3 Å². The summed E-state index contributed by atoms with van der Waals surface area (Å²) >= 11 is 0. The molecule has 4 nitrogen and oxygen atoms in total. The third kappa shape index (κ3) is 5.61. The van der Waals surface area contributed by atoms with Crippen LogP contribution in [0, 0.1) is 0 Å². The van der Waals surface area contributed by atoms with E-state index in [1.54, 1.807) is 0 Å². The molecule has 3 N–H and O–H groups in total. The van der Waals surface area contributed by atoms with Gasteiger partial charge in [-0.2, -0.15) is 0 Å². The highest BCUT2D eigenvalue weighted by atomic mass is 79.9. The maximum Gasteiger partial charge on any atom is 0.326 e. The van der Waals surface area contributed by atoms with Crippen molar-refractivity contribution in [3.8, 4) is 0 Å². The predicted molar refractivity (Wildman–Crippen MR) is 88.8 cm³/mol. The summed E-state index contributed by atoms with van der Waals surface area (Å²) in [5, 5.41) is 0. The molecule has 0 radical (unpaired) electrons. The van der Waals surface area contributed by atoms with Crippen molar-refractivity contribution in [3.63, 3.8) is 0 Å². The van der Waals surface area contributed by atoms with E-state index in [0.29, 0.717) is 13.0 Å². The van der Waals surface area contributed by atoms with Gasteiger partial charge in [0, 0.05) is 6.42 Å². The van der Waals surface area contributed by atoms with Crippen molar-refractivity contribution in [2.45, 2.75) is 32.2 Å². The molecular weight excluding hydrogens is 320 g/mol. The minimum atomic E-state index is -0.615. The minimum Gasteiger partial charge on any atom is -0.464 e. The van der Waals surface area contributed by atoms with Crippen LogP contribution >= 0.6 is 17.0 Å². The molecule has 1 rings (SSSR count). The number of benzene rings is 1. The average Bonchev–Trinajstić information content (AvgIpc) is 2.36. The van der Waals surface area contributed by atoms with E-state index in [0.717, 1.165) is 12.0 Å². The number of carbonyl (C=O) groups excluding carboxylic acids is 1. The van der Waals surface area contributed by atoms with Crippen LogP contribution in [-0.4, -0.2) is 37.1 Å². The van der Waals surface area contributed by atoms with Gasteiger partial charge in [0.2, 0.25) is 0 Å². The fourth-order valence-electron chi connectivity index (χ4n) is 1.76. The normalized spacial score (nSPS) is 12.8. The van der Waals surface area contributed by atoms with Crippen LogP contribution in [0.2, 0.25) is 0 Å². The first-order chi connectivity index (χ1) is 8.50. The smallest absolute Gasteiger partial charge is 0.326 e. The van der Waals surface area contributed by atoms with Crippen molar-refractivity contribution >= 4 is 23.0 Å². The molecule has 0 heterocycles. The number of ether oxygens (including phenoxy) is 1. The molecular formula is C15H27BrN2O2. The fourth-order valence-corrected chi connectivity index (χ4v) is 1.76. The molecule has 0 aliphatic carbocycles. The van der Waals surface area contributed by atoms with E-state index in [9.17, 15) is 4.79 Å². The second kappa shape index (κ2) is 9.91. The molecule has 0 saturated carbocycles. The first-order valence-electron chi connectivity index (χ1n) is 6.39. The lowest BCUT2D eigenvalue weighted by atomic mass is 9.91. The molecule has 1 aromatic rings. The summed E-state index contributed by atoms with van der Waals surface area (Å²) in [6.45, 7) is 4.41. The Morgan fingerprint density at radius 1 is 1.25 bits per heavy atom. The average molecular weight is 347 g/mol. The lowest BCUT2D eigenvalue weighted by Crippen LogP contribution is -2.51. The monoisotopic (exact) mass is 346 g/mol. The summed E-state index contributed by atoms with van der Waals surface area (Å²) in [5.74, 6) is -0.154. The van der Waals surface area contributed by atoms with E-state index in [-0.39, 0.29) is 29.1 Å². The van der Waals surface area contributed by atoms with Gasteiger partial charge in [-0.05, 0) is 33.0 Å². The SMILES string of the molecule is Br.CCCOC(=O)C(C)(Cc1ccccc1)N(C)C.N. The van der Waals surface area contributed by atoms with Crippen molar-refractivity contribution in [1.29, 1.82) is 0 Å². The van der Waals surface area contributed by atoms with Gasteiger partial charge >= 0.3 is 5.97 Å². The zero-order chi connectivity index (χ0) is 13.6. The van der Waals surface area contributed by atoms with Crippen LogP contribution < -0.4 is 6.15 Å². The quantitative estimate of drug-likeness (QED) is 0.803. The summed E-state index contributed by atoms with van der Waals surface area (Å²) in [6.07, 6.45) is 1.50. The third-order valence-corrected chi connectivity index (χ3v) is 3.26. The van der Waals surface area contributed by atoms with Gasteiger partial charge in [0.1, 0.15) is 5.54 Å². The van der Waals surface area contributed by atoms with Gasteiger partial charge in [-0.15, -0.1) is 17.0 Å². The number of nitrogens with zero attached hydrogens (tertiary/aromatic N) is 1. The summed E-state index contributed by atoms with van der Waals surface area (Å²) in [7, 11) is 3.83. The van der Waals surface area contributed by atoms with Crippen molar-refractivity contribution in [3.05, 3.63) is 35.9 Å². The Kier molecular flexibility index (Phi) is 10.6. The number of likely N-dealkylation sites (N-methyl/N-ethyl adjacent to an activating group) is 1. The Morgan fingerprint density at radius 3 is 2.25 bits per heavy atom. The van der Waals surface area contributed by atoms with E-state index < -0.39 is 5.54 Å². The van der Waals surface area contributed by atoms with Gasteiger partial charge in [0.05, 0.1) is 6.61 Å². The molecule has 1 unspecified atom stereocenters. The second-order valence-corrected chi connectivity index (χ2v) is 4.97. The first-order valence-corrected chi connectivity index (χ1v) is 6.39. The molecule has 1 aromatic carbocycles. The maximum absolute atomic E-state index is 12.2. The lowest BCUT2D eigenvalue weighted by molar-refractivity contribution is -0.155. The summed E-state index contributed by atoms with van der Waals surface area (Å²) in [6, 6.07) is 10.0. The summed E-state index contributed by atoms with van der Waals surface area (Å²) in [4.78, 5) is 14.1. The maximum atomic E-state index is 12.2. The van der Waals surface area contributed by atoms with Gasteiger partial charge in [0.15, 0.2) is 0 Å². The Hall–Kier alpha value is -0.910. The fraction of sp³-hybridized carbons (Fsp3) is 0.533. The Labute approximate surface area is 132 Å². The molecule has 0 fully saturated rings. The van der Waals surface area contributed by atoms with Crippen LogP contribution in [0.4, 0.5) is 0 Å². The van der Waals surface area contributed by atoms with Gasteiger partial charge in [-0.1, -0.05) is 37.3 Å². The zero-order valence-corrected chi connectivity index (χ0v) is 14.6. The molecule has 116 valence electrons. The first kappa shape index (κ1) is 21.4. The predicted octanol–water partition coefficient (Wildman–Crippen LogP) is 3.24. The molecule has 0 aromatic heterocycles. The number of halogens is 1. The topological polar surface area (TPSA) is 64.5 Å². The van der Waals surface area contributed by atoms with Gasteiger partial charge in [-0.25, -0.2) is 0 Å². The van der Waals surface area contributed by atoms with Gasteiger partial charge < -0.3 is 10.9 Å². The largest absolute Gasteiger partial charge is 0.464 e. The number of carbonyl (C=O) groups is 1. The highest BCUT2D eigenvalue weighted by Crippen LogP contribution is 2.20. The molecule has 0 aliphatic heterocycles. The number of rotatable bonds is 6. The zero-order valence-electron chi connectivity index (χ0n) is 12.9.